The van der Waals surface area contributed by atoms with Crippen molar-refractivity contribution in [3.8, 4) is 0 Å². The van der Waals surface area contributed by atoms with Gasteiger partial charge < -0.3 is 5.32 Å². The van der Waals surface area contributed by atoms with E-state index in [1.54, 1.807) is 0 Å². The fourth-order valence-electron chi connectivity index (χ4n) is 6.35. The number of hydrogen-bond acceptors (Lipinski definition) is 1. The van der Waals surface area contributed by atoms with Gasteiger partial charge in [0.15, 0.2) is 0 Å². The molecule has 2 saturated carbocycles. The Hall–Kier alpha value is -0.0400. The third kappa shape index (κ3) is 3.55. The lowest BCUT2D eigenvalue weighted by Gasteiger charge is -2.41. The van der Waals surface area contributed by atoms with E-state index in [-0.39, 0.29) is 0 Å². The van der Waals surface area contributed by atoms with Gasteiger partial charge in [0.25, 0.3) is 0 Å². The van der Waals surface area contributed by atoms with E-state index in [9.17, 15) is 0 Å². The van der Waals surface area contributed by atoms with Crippen LogP contribution in [0.3, 0.4) is 0 Å². The van der Waals surface area contributed by atoms with E-state index in [1.807, 2.05) is 0 Å². The molecule has 1 saturated heterocycles. The zero-order valence-electron chi connectivity index (χ0n) is 15.8. The van der Waals surface area contributed by atoms with Gasteiger partial charge in [-0.05, 0) is 102 Å². The van der Waals surface area contributed by atoms with Crippen LogP contribution >= 0.6 is 0 Å². The molecule has 1 aliphatic heterocycles. The summed E-state index contributed by atoms with van der Waals surface area (Å²) in [6.07, 6.45) is 13.5. The predicted octanol–water partition coefficient (Wildman–Crippen LogP) is 5.79. The Balaban J connectivity index is 1.54. The van der Waals surface area contributed by atoms with Crippen molar-refractivity contribution in [1.82, 2.24) is 5.32 Å². The topological polar surface area (TPSA) is 12.0 Å². The van der Waals surface area contributed by atoms with E-state index in [0.29, 0.717) is 11.1 Å². The highest BCUT2D eigenvalue weighted by molar-refractivity contribution is 5.05. The lowest BCUT2D eigenvalue weighted by molar-refractivity contribution is 0.110. The fourth-order valence-corrected chi connectivity index (χ4v) is 6.35. The highest BCUT2D eigenvalue weighted by atomic mass is 15.1. The van der Waals surface area contributed by atoms with E-state index in [1.165, 1.54) is 57.8 Å². The minimum atomic E-state index is 0.335. The third-order valence-corrected chi connectivity index (χ3v) is 7.43. The summed E-state index contributed by atoms with van der Waals surface area (Å²) in [5, 5.41) is 3.90. The number of rotatable bonds is 2. The van der Waals surface area contributed by atoms with Crippen LogP contribution in [0.15, 0.2) is 0 Å². The summed E-state index contributed by atoms with van der Waals surface area (Å²) in [6, 6.07) is 0. The Morgan fingerprint density at radius 3 is 1.59 bits per heavy atom. The average Bonchev–Trinajstić information content (AvgIpc) is 2.68. The van der Waals surface area contributed by atoms with Gasteiger partial charge in [-0.1, -0.05) is 19.8 Å². The van der Waals surface area contributed by atoms with E-state index in [4.69, 9.17) is 0 Å². The minimum absolute atomic E-state index is 0.335. The molecule has 22 heavy (non-hydrogen) atoms. The fraction of sp³-hybridized carbons (Fsp3) is 1.00. The Morgan fingerprint density at radius 1 is 0.682 bits per heavy atom. The van der Waals surface area contributed by atoms with Gasteiger partial charge in [-0.25, -0.2) is 0 Å². The molecule has 0 spiro atoms. The molecule has 3 aliphatic rings. The lowest BCUT2D eigenvalue weighted by atomic mass is 9.65. The molecule has 1 atom stereocenters. The van der Waals surface area contributed by atoms with Crippen molar-refractivity contribution in [3.63, 3.8) is 0 Å². The number of hydrogen-bond donors (Lipinski definition) is 1. The van der Waals surface area contributed by atoms with Crippen LogP contribution in [0, 0.1) is 29.6 Å². The normalized spacial score (nSPS) is 44.9. The molecule has 1 nitrogen and oxygen atoms in total. The first-order chi connectivity index (χ1) is 10.3. The van der Waals surface area contributed by atoms with Gasteiger partial charge in [0, 0.05) is 11.1 Å². The van der Waals surface area contributed by atoms with Crippen LogP contribution in [0.1, 0.15) is 92.4 Å². The van der Waals surface area contributed by atoms with Crippen LogP contribution < -0.4 is 5.32 Å². The van der Waals surface area contributed by atoms with Crippen molar-refractivity contribution < 1.29 is 0 Å². The Kier molecular flexibility index (Phi) is 4.67. The quantitative estimate of drug-likeness (QED) is 0.681. The molecule has 3 fully saturated rings. The highest BCUT2D eigenvalue weighted by Crippen LogP contribution is 2.48. The van der Waals surface area contributed by atoms with Gasteiger partial charge in [0.1, 0.15) is 0 Å². The maximum absolute atomic E-state index is 3.90. The van der Waals surface area contributed by atoms with Gasteiger partial charge in [0.2, 0.25) is 0 Å². The van der Waals surface area contributed by atoms with Gasteiger partial charge in [-0.2, -0.15) is 0 Å². The zero-order valence-corrected chi connectivity index (χ0v) is 15.8. The second-order valence-corrected chi connectivity index (χ2v) is 10.2. The maximum Gasteiger partial charge on any atom is 0.0161 e. The minimum Gasteiger partial charge on any atom is -0.307 e. The summed E-state index contributed by atoms with van der Waals surface area (Å²) in [4.78, 5) is 0. The Morgan fingerprint density at radius 2 is 1.14 bits per heavy atom. The van der Waals surface area contributed by atoms with Crippen LogP contribution in [0.4, 0.5) is 0 Å². The SMILES string of the molecule is CC1CCC(C2CCC(C3CC(C)(C)NC3(C)C)CC2)CC1. The van der Waals surface area contributed by atoms with Gasteiger partial charge in [0.05, 0.1) is 0 Å². The molecular formula is C21H39N. The smallest absolute Gasteiger partial charge is 0.0161 e. The van der Waals surface area contributed by atoms with E-state index in [2.05, 4.69) is 39.9 Å². The van der Waals surface area contributed by atoms with E-state index in [0.717, 1.165) is 29.6 Å². The van der Waals surface area contributed by atoms with Crippen LogP contribution in [-0.2, 0) is 0 Å². The van der Waals surface area contributed by atoms with Crippen molar-refractivity contribution in [2.45, 2.75) is 103 Å². The van der Waals surface area contributed by atoms with E-state index < -0.39 is 0 Å². The molecule has 0 bridgehead atoms. The van der Waals surface area contributed by atoms with Crippen LogP contribution in [0.25, 0.3) is 0 Å². The van der Waals surface area contributed by atoms with Crippen molar-refractivity contribution in [3.05, 3.63) is 0 Å². The molecule has 128 valence electrons. The largest absolute Gasteiger partial charge is 0.307 e. The second-order valence-electron chi connectivity index (χ2n) is 10.2. The first-order valence-corrected chi connectivity index (χ1v) is 10.1. The first kappa shape index (κ1) is 16.8. The molecule has 1 heteroatoms. The molecule has 0 aromatic rings. The summed E-state index contributed by atoms with van der Waals surface area (Å²) >= 11 is 0. The van der Waals surface area contributed by atoms with Gasteiger partial charge in [-0.3, -0.25) is 0 Å². The van der Waals surface area contributed by atoms with Crippen LogP contribution in [0.2, 0.25) is 0 Å². The van der Waals surface area contributed by atoms with Crippen LogP contribution in [0.5, 0.6) is 0 Å². The molecule has 3 rings (SSSR count). The predicted molar refractivity (Wildman–Crippen MR) is 96.0 cm³/mol. The molecule has 0 amide bonds. The molecule has 1 heterocycles. The monoisotopic (exact) mass is 305 g/mol. The van der Waals surface area contributed by atoms with Crippen LogP contribution in [-0.4, -0.2) is 11.1 Å². The Bertz CT molecular complexity index is 367. The molecule has 1 N–H and O–H groups in total. The molecule has 0 aromatic heterocycles. The first-order valence-electron chi connectivity index (χ1n) is 10.1. The summed E-state index contributed by atoms with van der Waals surface area (Å²) in [6.45, 7) is 12.1. The molecule has 0 radical (unpaired) electrons. The third-order valence-electron chi connectivity index (χ3n) is 7.43. The van der Waals surface area contributed by atoms with Gasteiger partial charge >= 0.3 is 0 Å². The average molecular weight is 306 g/mol. The molecular weight excluding hydrogens is 266 g/mol. The summed E-state index contributed by atoms with van der Waals surface area (Å²) in [7, 11) is 0. The molecule has 0 aromatic carbocycles. The zero-order chi connectivity index (χ0) is 16.0. The van der Waals surface area contributed by atoms with Gasteiger partial charge in [-0.15, -0.1) is 0 Å². The summed E-state index contributed by atoms with van der Waals surface area (Å²) in [5.74, 6) is 5.00. The maximum atomic E-state index is 3.90. The van der Waals surface area contributed by atoms with Crippen molar-refractivity contribution in [1.29, 1.82) is 0 Å². The van der Waals surface area contributed by atoms with Crippen molar-refractivity contribution >= 4 is 0 Å². The van der Waals surface area contributed by atoms with Crippen molar-refractivity contribution in [2.24, 2.45) is 29.6 Å². The standard InChI is InChI=1S/C21H39N/c1-15-6-8-16(9-7-15)17-10-12-18(13-11-17)19-14-20(2,3)22-21(19,4)5/h15-19,22H,6-14H2,1-5H3. The lowest BCUT2D eigenvalue weighted by Crippen LogP contribution is -2.46. The number of nitrogens with one attached hydrogen (secondary N) is 1. The van der Waals surface area contributed by atoms with E-state index >= 15 is 0 Å². The highest BCUT2D eigenvalue weighted by Gasteiger charge is 2.47. The molecule has 2 aliphatic carbocycles. The van der Waals surface area contributed by atoms with Crippen molar-refractivity contribution in [2.75, 3.05) is 0 Å². The summed E-state index contributed by atoms with van der Waals surface area (Å²) < 4.78 is 0. The Labute approximate surface area is 139 Å². The second kappa shape index (κ2) is 6.11. The summed E-state index contributed by atoms with van der Waals surface area (Å²) in [5.41, 5.74) is 0.672. The molecule has 1 unspecified atom stereocenters.